The molecule has 2 aromatic rings. The molecular formula is C16H20FN5O2. The Balaban J connectivity index is 1.95. The highest BCUT2D eigenvalue weighted by atomic mass is 19.1. The Bertz CT molecular complexity index is 712. The van der Waals surface area contributed by atoms with Crippen LogP contribution in [0.5, 0.6) is 0 Å². The van der Waals surface area contributed by atoms with Gasteiger partial charge in [0, 0.05) is 25.1 Å². The molecular weight excluding hydrogens is 313 g/mol. The molecule has 0 saturated carbocycles. The zero-order chi connectivity index (χ0) is 17.5. The molecule has 2 rings (SSSR count). The van der Waals surface area contributed by atoms with E-state index in [2.05, 4.69) is 15.4 Å². The normalized spacial score (nSPS) is 10.6. The van der Waals surface area contributed by atoms with E-state index in [-0.39, 0.29) is 18.1 Å². The molecule has 0 aliphatic heterocycles. The molecule has 1 heterocycles. The summed E-state index contributed by atoms with van der Waals surface area (Å²) in [5, 5.41) is 7.01. The van der Waals surface area contributed by atoms with Gasteiger partial charge in [-0.05, 0) is 30.7 Å². The van der Waals surface area contributed by atoms with Gasteiger partial charge in [0.05, 0.1) is 6.42 Å². The van der Waals surface area contributed by atoms with Crippen molar-refractivity contribution in [2.75, 3.05) is 6.54 Å². The van der Waals surface area contributed by atoms with Gasteiger partial charge in [0.15, 0.2) is 5.82 Å². The summed E-state index contributed by atoms with van der Waals surface area (Å²) < 4.78 is 14.6. The molecule has 7 nitrogen and oxygen atoms in total. The number of aryl methyl sites for hydroxylation is 1. The van der Waals surface area contributed by atoms with E-state index < -0.39 is 5.91 Å². The van der Waals surface area contributed by atoms with E-state index in [9.17, 15) is 14.0 Å². The molecule has 0 unspecified atom stereocenters. The minimum absolute atomic E-state index is 0.00828. The maximum Gasteiger partial charge on any atom is 0.251 e. The van der Waals surface area contributed by atoms with Crippen LogP contribution in [-0.4, -0.2) is 33.1 Å². The fourth-order valence-corrected chi connectivity index (χ4v) is 2.22. The van der Waals surface area contributed by atoms with Crippen molar-refractivity contribution in [3.05, 3.63) is 47.3 Å². The van der Waals surface area contributed by atoms with Gasteiger partial charge in [-0.15, -0.1) is 0 Å². The molecule has 24 heavy (non-hydrogen) atoms. The first-order valence-electron chi connectivity index (χ1n) is 7.74. The number of nitrogens with two attached hydrogens (primary N) is 1. The highest BCUT2D eigenvalue weighted by Gasteiger charge is 2.12. The van der Waals surface area contributed by atoms with Crippen LogP contribution in [0.2, 0.25) is 0 Å². The van der Waals surface area contributed by atoms with Gasteiger partial charge in [-0.2, -0.15) is 5.10 Å². The van der Waals surface area contributed by atoms with E-state index in [1.165, 1.54) is 24.3 Å². The molecule has 0 fully saturated rings. The van der Waals surface area contributed by atoms with E-state index in [0.717, 1.165) is 6.42 Å². The molecule has 2 amide bonds. The number of aromatic nitrogens is 3. The van der Waals surface area contributed by atoms with Crippen LogP contribution >= 0.6 is 0 Å². The van der Waals surface area contributed by atoms with Crippen molar-refractivity contribution in [3.8, 4) is 0 Å². The summed E-state index contributed by atoms with van der Waals surface area (Å²) in [4.78, 5) is 27.3. The third-order valence-electron chi connectivity index (χ3n) is 3.30. The van der Waals surface area contributed by atoms with E-state index >= 15 is 0 Å². The second-order valence-corrected chi connectivity index (χ2v) is 5.32. The third-order valence-corrected chi connectivity index (χ3v) is 3.30. The van der Waals surface area contributed by atoms with Gasteiger partial charge in [-0.25, -0.2) is 14.1 Å². The van der Waals surface area contributed by atoms with Crippen LogP contribution in [0.4, 0.5) is 4.39 Å². The molecule has 0 radical (unpaired) electrons. The van der Waals surface area contributed by atoms with Gasteiger partial charge in [0.1, 0.15) is 11.6 Å². The largest absolute Gasteiger partial charge is 0.369 e. The lowest BCUT2D eigenvalue weighted by Crippen LogP contribution is -2.26. The Kier molecular flexibility index (Phi) is 6.00. The SMILES string of the molecule is CCCn1nc(CC(N)=O)nc1CCNC(=O)c1ccc(F)cc1. The summed E-state index contributed by atoms with van der Waals surface area (Å²) in [6.07, 6.45) is 1.33. The lowest BCUT2D eigenvalue weighted by Gasteiger charge is -2.06. The monoisotopic (exact) mass is 333 g/mol. The fourth-order valence-electron chi connectivity index (χ4n) is 2.22. The third kappa shape index (κ3) is 4.87. The molecule has 3 N–H and O–H groups in total. The summed E-state index contributed by atoms with van der Waals surface area (Å²) in [5.41, 5.74) is 5.55. The van der Waals surface area contributed by atoms with E-state index in [1.807, 2.05) is 6.92 Å². The average Bonchev–Trinajstić information content (AvgIpc) is 2.89. The number of primary amides is 1. The molecule has 0 bridgehead atoms. The number of nitrogens with one attached hydrogen (secondary N) is 1. The maximum absolute atomic E-state index is 12.9. The van der Waals surface area contributed by atoms with Gasteiger partial charge in [0.25, 0.3) is 5.91 Å². The molecule has 0 aliphatic carbocycles. The van der Waals surface area contributed by atoms with Gasteiger partial charge in [-0.1, -0.05) is 6.92 Å². The lowest BCUT2D eigenvalue weighted by molar-refractivity contribution is -0.117. The minimum Gasteiger partial charge on any atom is -0.369 e. The second-order valence-electron chi connectivity index (χ2n) is 5.32. The number of nitrogens with zero attached hydrogens (tertiary/aromatic N) is 3. The van der Waals surface area contributed by atoms with E-state index in [0.29, 0.717) is 36.7 Å². The Hall–Kier alpha value is -2.77. The Labute approximate surface area is 139 Å². The van der Waals surface area contributed by atoms with Crippen molar-refractivity contribution < 1.29 is 14.0 Å². The lowest BCUT2D eigenvalue weighted by atomic mass is 10.2. The van der Waals surface area contributed by atoms with E-state index in [1.54, 1.807) is 4.68 Å². The Morgan fingerprint density at radius 2 is 2.00 bits per heavy atom. The summed E-state index contributed by atoms with van der Waals surface area (Å²) in [7, 11) is 0. The molecule has 0 aliphatic rings. The second kappa shape index (κ2) is 8.19. The number of carbonyl (C=O) groups is 2. The van der Waals surface area contributed by atoms with Crippen LogP contribution in [0.3, 0.4) is 0 Å². The van der Waals surface area contributed by atoms with Crippen LogP contribution < -0.4 is 11.1 Å². The number of benzene rings is 1. The summed E-state index contributed by atoms with van der Waals surface area (Å²) >= 11 is 0. The maximum atomic E-state index is 12.9. The van der Waals surface area contributed by atoms with Crippen molar-refractivity contribution in [1.82, 2.24) is 20.1 Å². The summed E-state index contributed by atoms with van der Waals surface area (Å²) in [5.74, 6) is -0.0850. The number of carbonyl (C=O) groups excluding carboxylic acids is 2. The highest BCUT2D eigenvalue weighted by molar-refractivity contribution is 5.94. The summed E-state index contributed by atoms with van der Waals surface area (Å²) in [6, 6.07) is 5.33. The molecule has 0 spiro atoms. The molecule has 1 aromatic heterocycles. The first-order chi connectivity index (χ1) is 11.5. The van der Waals surface area contributed by atoms with Gasteiger partial charge < -0.3 is 11.1 Å². The number of hydrogen-bond donors (Lipinski definition) is 2. The zero-order valence-electron chi connectivity index (χ0n) is 13.5. The fraction of sp³-hybridized carbons (Fsp3) is 0.375. The number of halogens is 1. The molecule has 0 atom stereocenters. The van der Waals surface area contributed by atoms with Crippen LogP contribution in [0, 0.1) is 5.82 Å². The van der Waals surface area contributed by atoms with Crippen molar-refractivity contribution in [1.29, 1.82) is 0 Å². The van der Waals surface area contributed by atoms with Crippen molar-refractivity contribution in [3.63, 3.8) is 0 Å². The standard InChI is InChI=1S/C16H20FN5O2/c1-2-9-22-15(20-14(21-22)10-13(18)23)7-8-19-16(24)11-3-5-12(17)6-4-11/h3-6H,2,7-10H2,1H3,(H2,18,23)(H,19,24). The predicted octanol–water partition coefficient (Wildman–Crippen LogP) is 0.827. The van der Waals surface area contributed by atoms with Gasteiger partial charge in [-0.3, -0.25) is 9.59 Å². The minimum atomic E-state index is -0.486. The number of amides is 2. The molecule has 0 saturated heterocycles. The quantitative estimate of drug-likeness (QED) is 0.747. The van der Waals surface area contributed by atoms with Gasteiger partial charge >= 0.3 is 0 Å². The molecule has 1 aromatic carbocycles. The number of rotatable bonds is 8. The van der Waals surface area contributed by atoms with Crippen molar-refractivity contribution in [2.24, 2.45) is 5.73 Å². The molecule has 8 heteroatoms. The van der Waals surface area contributed by atoms with Crippen LogP contribution in [0.15, 0.2) is 24.3 Å². The number of hydrogen-bond acceptors (Lipinski definition) is 4. The predicted molar refractivity (Wildman–Crippen MR) is 85.6 cm³/mol. The zero-order valence-corrected chi connectivity index (χ0v) is 13.5. The average molecular weight is 333 g/mol. The summed E-state index contributed by atoms with van der Waals surface area (Å²) in [6.45, 7) is 3.04. The van der Waals surface area contributed by atoms with Crippen LogP contribution in [-0.2, 0) is 24.2 Å². The first-order valence-corrected chi connectivity index (χ1v) is 7.74. The van der Waals surface area contributed by atoms with E-state index in [4.69, 9.17) is 5.73 Å². The highest BCUT2D eigenvalue weighted by Crippen LogP contribution is 2.04. The van der Waals surface area contributed by atoms with Crippen molar-refractivity contribution >= 4 is 11.8 Å². The van der Waals surface area contributed by atoms with Crippen LogP contribution in [0.1, 0.15) is 35.4 Å². The smallest absolute Gasteiger partial charge is 0.251 e. The van der Waals surface area contributed by atoms with Crippen LogP contribution in [0.25, 0.3) is 0 Å². The molecule has 128 valence electrons. The topological polar surface area (TPSA) is 103 Å². The first kappa shape index (κ1) is 17.6. The van der Waals surface area contributed by atoms with Gasteiger partial charge in [0.2, 0.25) is 5.91 Å². The van der Waals surface area contributed by atoms with Crippen molar-refractivity contribution in [2.45, 2.75) is 32.7 Å². The Morgan fingerprint density at radius 3 is 2.62 bits per heavy atom. The Morgan fingerprint density at radius 1 is 1.29 bits per heavy atom.